The van der Waals surface area contributed by atoms with E-state index >= 15 is 0 Å². The molecule has 3 rings (SSSR count). The summed E-state index contributed by atoms with van der Waals surface area (Å²) in [5.74, 6) is 0.120. The molecule has 0 fully saturated rings. The minimum atomic E-state index is -3.91. The molecule has 3 aromatic carbocycles. The Morgan fingerprint density at radius 2 is 1.67 bits per heavy atom. The molecule has 0 saturated heterocycles. The maximum Gasteiger partial charge on any atom is 0.339 e. The molecule has 0 saturated carbocycles. The lowest BCUT2D eigenvalue weighted by molar-refractivity contribution is 0.0936. The van der Waals surface area contributed by atoms with Crippen molar-refractivity contribution in [1.29, 1.82) is 0 Å². The summed E-state index contributed by atoms with van der Waals surface area (Å²) >= 11 is 0. The number of benzene rings is 3. The van der Waals surface area contributed by atoms with Crippen molar-refractivity contribution in [2.75, 3.05) is 0 Å². The molecule has 1 N–H and O–H groups in total. The average molecular weight is 424 g/mol. The summed E-state index contributed by atoms with van der Waals surface area (Å²) < 4.78 is 30.4. The Morgan fingerprint density at radius 3 is 2.33 bits per heavy atom. The zero-order chi connectivity index (χ0) is 21.6. The van der Waals surface area contributed by atoms with Crippen LogP contribution >= 0.6 is 0 Å². The molecule has 156 valence electrons. The van der Waals surface area contributed by atoms with Crippen LogP contribution in [-0.4, -0.2) is 20.4 Å². The van der Waals surface area contributed by atoms with E-state index in [1.165, 1.54) is 12.1 Å². The van der Waals surface area contributed by atoms with E-state index in [0.29, 0.717) is 12.0 Å². The lowest BCUT2D eigenvalue weighted by atomic mass is 10.0. The molecule has 0 heterocycles. The van der Waals surface area contributed by atoms with Crippen LogP contribution in [0.3, 0.4) is 0 Å². The van der Waals surface area contributed by atoms with Gasteiger partial charge in [-0.2, -0.15) is 8.42 Å². The third-order valence-corrected chi connectivity index (χ3v) is 6.02. The Morgan fingerprint density at radius 1 is 0.967 bits per heavy atom. The van der Waals surface area contributed by atoms with Gasteiger partial charge in [0.2, 0.25) is 0 Å². The third-order valence-electron chi connectivity index (χ3n) is 4.76. The second-order valence-corrected chi connectivity index (χ2v) is 8.69. The van der Waals surface area contributed by atoms with Crippen LogP contribution in [0.4, 0.5) is 0 Å². The van der Waals surface area contributed by atoms with Crippen molar-refractivity contribution in [1.82, 2.24) is 5.32 Å². The Labute approximate surface area is 177 Å². The number of carbonyl (C=O) groups excluding carboxylic acids is 1. The van der Waals surface area contributed by atoms with Gasteiger partial charge in [-0.1, -0.05) is 55.0 Å². The van der Waals surface area contributed by atoms with E-state index < -0.39 is 10.1 Å². The summed E-state index contributed by atoms with van der Waals surface area (Å²) in [6, 6.07) is 22.4. The van der Waals surface area contributed by atoms with E-state index in [1.807, 2.05) is 38.1 Å². The van der Waals surface area contributed by atoms with Crippen LogP contribution in [0.1, 0.15) is 34.8 Å². The lowest BCUT2D eigenvalue weighted by Gasteiger charge is -2.17. The molecule has 0 bridgehead atoms. The minimum Gasteiger partial charge on any atom is -0.379 e. The molecule has 0 aliphatic rings. The van der Waals surface area contributed by atoms with E-state index in [2.05, 4.69) is 5.32 Å². The molecule has 0 aromatic heterocycles. The molecule has 0 aliphatic carbocycles. The first-order valence-electron chi connectivity index (χ1n) is 9.83. The first-order valence-corrected chi connectivity index (χ1v) is 11.2. The van der Waals surface area contributed by atoms with Crippen LogP contribution in [0.5, 0.6) is 5.75 Å². The molecule has 0 radical (unpaired) electrons. The molecule has 30 heavy (non-hydrogen) atoms. The van der Waals surface area contributed by atoms with Crippen LogP contribution < -0.4 is 9.50 Å². The quantitative estimate of drug-likeness (QED) is 0.541. The van der Waals surface area contributed by atoms with Gasteiger partial charge in [-0.25, -0.2) is 0 Å². The summed E-state index contributed by atoms with van der Waals surface area (Å²) in [6.45, 7) is 3.89. The Balaban J connectivity index is 1.69. The number of nitrogens with one attached hydrogen (secondary N) is 1. The summed E-state index contributed by atoms with van der Waals surface area (Å²) in [6.07, 6.45) is 1.31. The molecule has 1 unspecified atom stereocenters. The van der Waals surface area contributed by atoms with Crippen molar-refractivity contribution in [3.05, 3.63) is 95.6 Å². The van der Waals surface area contributed by atoms with Crippen LogP contribution in [-0.2, 0) is 16.5 Å². The van der Waals surface area contributed by atoms with E-state index in [0.717, 1.165) is 17.5 Å². The fourth-order valence-corrected chi connectivity index (χ4v) is 3.97. The second-order valence-electron chi connectivity index (χ2n) is 7.15. The number of amides is 1. The molecule has 0 spiro atoms. The van der Waals surface area contributed by atoms with Crippen LogP contribution in [0, 0.1) is 6.92 Å². The Kier molecular flexibility index (Phi) is 6.90. The van der Waals surface area contributed by atoms with E-state index in [4.69, 9.17) is 4.18 Å². The molecule has 3 aromatic rings. The van der Waals surface area contributed by atoms with Gasteiger partial charge < -0.3 is 9.50 Å². The van der Waals surface area contributed by atoms with Gasteiger partial charge in [-0.3, -0.25) is 4.79 Å². The maximum absolute atomic E-state index is 12.5. The van der Waals surface area contributed by atoms with Gasteiger partial charge in [-0.15, -0.1) is 0 Å². The summed E-state index contributed by atoms with van der Waals surface area (Å²) in [5, 5.41) is 3.03. The maximum atomic E-state index is 12.5. The lowest BCUT2D eigenvalue weighted by Crippen LogP contribution is -2.35. The minimum absolute atomic E-state index is 0.0818. The van der Waals surface area contributed by atoms with E-state index in [-0.39, 0.29) is 22.6 Å². The van der Waals surface area contributed by atoms with Crippen LogP contribution in [0.2, 0.25) is 0 Å². The highest BCUT2D eigenvalue weighted by Crippen LogP contribution is 2.21. The second kappa shape index (κ2) is 9.59. The summed E-state index contributed by atoms with van der Waals surface area (Å²) in [7, 11) is -3.91. The molecule has 5 nitrogen and oxygen atoms in total. The Bertz CT molecular complexity index is 1090. The van der Waals surface area contributed by atoms with Crippen LogP contribution in [0.25, 0.3) is 0 Å². The summed E-state index contributed by atoms with van der Waals surface area (Å²) in [5.41, 5.74) is 2.46. The number of rotatable bonds is 8. The fraction of sp³-hybridized carbons (Fsp3) is 0.208. The fourth-order valence-electron chi connectivity index (χ4n) is 3.04. The first-order chi connectivity index (χ1) is 14.4. The predicted octanol–water partition coefficient (Wildman–Crippen LogP) is 4.51. The SMILES string of the molecule is CCC(Cc1cccc(OS(=O)(=O)c2ccc(C)cc2)c1)NC(=O)c1ccccc1. The molecular weight excluding hydrogens is 398 g/mol. The van der Waals surface area contributed by atoms with Crippen molar-refractivity contribution in [2.24, 2.45) is 0 Å². The highest BCUT2D eigenvalue weighted by atomic mass is 32.2. The monoisotopic (exact) mass is 423 g/mol. The van der Waals surface area contributed by atoms with Gasteiger partial charge in [0.15, 0.2) is 0 Å². The normalized spacial score (nSPS) is 12.2. The predicted molar refractivity (Wildman–Crippen MR) is 117 cm³/mol. The Hall–Kier alpha value is -3.12. The van der Waals surface area contributed by atoms with Crippen molar-refractivity contribution in [3.8, 4) is 5.75 Å². The number of carbonyl (C=O) groups is 1. The molecule has 1 atom stereocenters. The highest BCUT2D eigenvalue weighted by molar-refractivity contribution is 7.87. The van der Waals surface area contributed by atoms with Gasteiger partial charge in [0.1, 0.15) is 10.6 Å². The standard InChI is InChI=1S/C24H25NO4S/c1-3-21(25-24(26)20-9-5-4-6-10-20)16-19-8-7-11-22(17-19)29-30(27,28)23-14-12-18(2)13-15-23/h4-15,17,21H,3,16H2,1-2H3,(H,25,26). The number of hydrogen-bond donors (Lipinski definition) is 1. The van der Waals surface area contributed by atoms with Crippen molar-refractivity contribution >= 4 is 16.0 Å². The van der Waals surface area contributed by atoms with Crippen molar-refractivity contribution < 1.29 is 17.4 Å². The van der Waals surface area contributed by atoms with Gasteiger partial charge in [-0.05, 0) is 61.7 Å². The van der Waals surface area contributed by atoms with E-state index in [9.17, 15) is 13.2 Å². The summed E-state index contributed by atoms with van der Waals surface area (Å²) in [4.78, 5) is 12.5. The highest BCUT2D eigenvalue weighted by Gasteiger charge is 2.17. The molecule has 6 heteroatoms. The zero-order valence-corrected chi connectivity index (χ0v) is 17.9. The smallest absolute Gasteiger partial charge is 0.339 e. The number of hydrogen-bond acceptors (Lipinski definition) is 4. The molecule has 1 amide bonds. The van der Waals surface area contributed by atoms with Crippen molar-refractivity contribution in [3.63, 3.8) is 0 Å². The van der Waals surface area contributed by atoms with Gasteiger partial charge in [0.05, 0.1) is 0 Å². The number of aryl methyl sites for hydroxylation is 1. The van der Waals surface area contributed by atoms with Crippen molar-refractivity contribution in [2.45, 2.75) is 37.6 Å². The zero-order valence-electron chi connectivity index (χ0n) is 17.0. The van der Waals surface area contributed by atoms with E-state index in [1.54, 1.807) is 42.5 Å². The third kappa shape index (κ3) is 5.70. The largest absolute Gasteiger partial charge is 0.379 e. The molecular formula is C24H25NO4S. The average Bonchev–Trinajstić information content (AvgIpc) is 2.74. The van der Waals surface area contributed by atoms with Gasteiger partial charge >= 0.3 is 10.1 Å². The van der Waals surface area contributed by atoms with Gasteiger partial charge in [0.25, 0.3) is 5.91 Å². The van der Waals surface area contributed by atoms with Gasteiger partial charge in [0, 0.05) is 11.6 Å². The van der Waals surface area contributed by atoms with Crippen LogP contribution in [0.15, 0.2) is 83.8 Å². The first kappa shape index (κ1) is 21.6. The molecule has 0 aliphatic heterocycles. The topological polar surface area (TPSA) is 72.5 Å².